The first-order valence-corrected chi connectivity index (χ1v) is 6.29. The van der Waals surface area contributed by atoms with Gasteiger partial charge in [-0.15, -0.1) is 0 Å². The number of urea groups is 1. The molecule has 1 heterocycles. The van der Waals surface area contributed by atoms with Gasteiger partial charge in [-0.1, -0.05) is 0 Å². The number of aromatic nitrogens is 2. The second-order valence-electron chi connectivity index (χ2n) is 4.95. The molecule has 7 nitrogen and oxygen atoms in total. The molecule has 4 N–H and O–H groups in total. The maximum absolute atomic E-state index is 11.8. The van der Waals surface area contributed by atoms with Crippen molar-refractivity contribution in [3.63, 3.8) is 0 Å². The van der Waals surface area contributed by atoms with Crippen LogP contribution in [0.2, 0.25) is 0 Å². The fourth-order valence-electron chi connectivity index (χ4n) is 2.41. The van der Waals surface area contributed by atoms with Crippen molar-refractivity contribution < 1.29 is 14.7 Å². The van der Waals surface area contributed by atoms with E-state index in [9.17, 15) is 9.59 Å². The highest BCUT2D eigenvalue weighted by Crippen LogP contribution is 2.25. The Morgan fingerprint density at radius 2 is 2.11 bits per heavy atom. The van der Waals surface area contributed by atoms with Gasteiger partial charge in [0.15, 0.2) is 0 Å². The highest BCUT2D eigenvalue weighted by Gasteiger charge is 2.30. The Hall–Kier alpha value is -2.05. The number of H-pyrrole nitrogens is 1. The molecule has 0 unspecified atom stereocenters. The minimum Gasteiger partial charge on any atom is -0.481 e. The zero-order valence-corrected chi connectivity index (χ0v) is 11.0. The molecule has 0 aromatic carbocycles. The van der Waals surface area contributed by atoms with Gasteiger partial charge in [-0.2, -0.15) is 5.10 Å². The van der Waals surface area contributed by atoms with Gasteiger partial charge in [0, 0.05) is 6.04 Å². The maximum atomic E-state index is 11.8. The van der Waals surface area contributed by atoms with Crippen molar-refractivity contribution in [1.29, 1.82) is 0 Å². The lowest BCUT2D eigenvalue weighted by atomic mass is 10.1. The van der Waals surface area contributed by atoms with Gasteiger partial charge >= 0.3 is 12.0 Å². The molecule has 104 valence electrons. The molecule has 2 atom stereocenters. The van der Waals surface area contributed by atoms with Crippen LogP contribution in [0.15, 0.2) is 0 Å². The molecule has 7 heteroatoms. The molecule has 0 saturated heterocycles. The van der Waals surface area contributed by atoms with Crippen molar-refractivity contribution in [3.05, 3.63) is 11.4 Å². The molecule has 1 aliphatic rings. The minimum absolute atomic E-state index is 0.0754. The summed E-state index contributed by atoms with van der Waals surface area (Å²) in [6.07, 6.45) is 1.81. The van der Waals surface area contributed by atoms with Crippen LogP contribution in [0.4, 0.5) is 10.5 Å². The van der Waals surface area contributed by atoms with Gasteiger partial charge in [0.2, 0.25) is 0 Å². The lowest BCUT2D eigenvalue weighted by Crippen LogP contribution is -2.36. The van der Waals surface area contributed by atoms with E-state index in [1.54, 1.807) is 6.92 Å². The third-order valence-corrected chi connectivity index (χ3v) is 3.48. The maximum Gasteiger partial charge on any atom is 0.319 e. The van der Waals surface area contributed by atoms with Gasteiger partial charge in [-0.05, 0) is 33.1 Å². The molecular weight excluding hydrogens is 248 g/mol. The van der Waals surface area contributed by atoms with Gasteiger partial charge < -0.3 is 15.7 Å². The van der Waals surface area contributed by atoms with E-state index in [0.717, 1.165) is 11.4 Å². The van der Waals surface area contributed by atoms with Gasteiger partial charge in [0.05, 0.1) is 23.0 Å². The standard InChI is InChI=1S/C12H18N4O3/c1-6-10(7(2)16-15-6)14-12(19)13-9-4-3-8(5-9)11(17)18/h8-9H,3-5H2,1-2H3,(H,15,16)(H,17,18)(H2,13,14,19)/t8-,9+/m1/s1. The smallest absolute Gasteiger partial charge is 0.319 e. The van der Waals surface area contributed by atoms with Crippen LogP contribution < -0.4 is 10.6 Å². The lowest BCUT2D eigenvalue weighted by Gasteiger charge is -2.13. The van der Waals surface area contributed by atoms with E-state index >= 15 is 0 Å². The number of nitrogens with zero attached hydrogens (tertiary/aromatic N) is 1. The zero-order valence-electron chi connectivity index (χ0n) is 11.0. The van der Waals surface area contributed by atoms with Crippen LogP contribution in [0.3, 0.4) is 0 Å². The third-order valence-electron chi connectivity index (χ3n) is 3.48. The summed E-state index contributed by atoms with van der Waals surface area (Å²) in [5.74, 6) is -1.13. The summed E-state index contributed by atoms with van der Waals surface area (Å²) >= 11 is 0. The summed E-state index contributed by atoms with van der Waals surface area (Å²) in [6, 6.07) is -0.391. The molecule has 2 rings (SSSR count). The number of anilines is 1. The molecule has 0 spiro atoms. The molecule has 2 amide bonds. The number of carboxylic acid groups (broad SMARTS) is 1. The van der Waals surface area contributed by atoms with Gasteiger partial charge in [-0.3, -0.25) is 9.89 Å². The number of rotatable bonds is 3. The monoisotopic (exact) mass is 266 g/mol. The third kappa shape index (κ3) is 3.04. The van der Waals surface area contributed by atoms with E-state index in [-0.39, 0.29) is 18.0 Å². The lowest BCUT2D eigenvalue weighted by molar-refractivity contribution is -0.141. The fraction of sp³-hybridized carbons (Fsp3) is 0.583. The molecule has 1 saturated carbocycles. The Bertz CT molecular complexity index is 478. The zero-order chi connectivity index (χ0) is 14.0. The predicted octanol–water partition coefficient (Wildman–Crippen LogP) is 1.40. The van der Waals surface area contributed by atoms with Crippen molar-refractivity contribution in [1.82, 2.24) is 15.5 Å². The van der Waals surface area contributed by atoms with E-state index in [2.05, 4.69) is 20.8 Å². The van der Waals surface area contributed by atoms with Crippen molar-refractivity contribution in [2.24, 2.45) is 5.92 Å². The summed E-state index contributed by atoms with van der Waals surface area (Å²) < 4.78 is 0. The first kappa shape index (κ1) is 13.4. The largest absolute Gasteiger partial charge is 0.481 e. The van der Waals surface area contributed by atoms with E-state index in [1.807, 2.05) is 6.92 Å². The average Bonchev–Trinajstić information content (AvgIpc) is 2.91. The predicted molar refractivity (Wildman–Crippen MR) is 69.0 cm³/mol. The Labute approximate surface area is 110 Å². The summed E-state index contributed by atoms with van der Waals surface area (Å²) in [7, 11) is 0. The Balaban J connectivity index is 1.87. The SMILES string of the molecule is Cc1n[nH]c(C)c1NC(=O)N[C@H]1CC[C@@H](C(=O)O)C1. The van der Waals surface area contributed by atoms with Gasteiger partial charge in [-0.25, -0.2) is 4.79 Å². The Morgan fingerprint density at radius 1 is 1.37 bits per heavy atom. The van der Waals surface area contributed by atoms with Crippen molar-refractivity contribution >= 4 is 17.7 Å². The number of nitrogens with one attached hydrogen (secondary N) is 3. The number of carboxylic acids is 1. The number of aromatic amines is 1. The number of hydrogen-bond acceptors (Lipinski definition) is 3. The van der Waals surface area contributed by atoms with Crippen LogP contribution >= 0.6 is 0 Å². The van der Waals surface area contributed by atoms with Crippen LogP contribution in [0.25, 0.3) is 0 Å². The minimum atomic E-state index is -0.786. The van der Waals surface area contributed by atoms with Gasteiger partial charge in [0.25, 0.3) is 0 Å². The summed E-state index contributed by atoms with van der Waals surface area (Å²) in [4.78, 5) is 22.7. The molecule has 1 aliphatic carbocycles. The quantitative estimate of drug-likeness (QED) is 0.663. The average molecular weight is 266 g/mol. The molecule has 1 aromatic rings. The summed E-state index contributed by atoms with van der Waals surface area (Å²) in [5, 5.41) is 21.2. The Kier molecular flexibility index (Phi) is 3.73. The molecule has 19 heavy (non-hydrogen) atoms. The fourth-order valence-corrected chi connectivity index (χ4v) is 2.41. The number of carbonyl (C=O) groups is 2. The van der Waals surface area contributed by atoms with E-state index in [4.69, 9.17) is 5.11 Å². The van der Waals surface area contributed by atoms with Crippen LogP contribution in [-0.2, 0) is 4.79 Å². The van der Waals surface area contributed by atoms with E-state index in [1.165, 1.54) is 0 Å². The summed E-state index contributed by atoms with van der Waals surface area (Å²) in [5.41, 5.74) is 2.19. The first-order valence-electron chi connectivity index (χ1n) is 6.29. The molecule has 0 bridgehead atoms. The molecule has 0 aliphatic heterocycles. The van der Waals surface area contributed by atoms with Crippen LogP contribution in [-0.4, -0.2) is 33.3 Å². The highest BCUT2D eigenvalue weighted by molar-refractivity contribution is 5.90. The highest BCUT2D eigenvalue weighted by atomic mass is 16.4. The van der Waals surface area contributed by atoms with Crippen LogP contribution in [0.1, 0.15) is 30.7 Å². The van der Waals surface area contributed by atoms with E-state index < -0.39 is 5.97 Å². The van der Waals surface area contributed by atoms with E-state index in [0.29, 0.717) is 24.9 Å². The second-order valence-corrected chi connectivity index (χ2v) is 4.95. The van der Waals surface area contributed by atoms with Crippen molar-refractivity contribution in [2.75, 3.05) is 5.32 Å². The second kappa shape index (κ2) is 5.29. The Morgan fingerprint density at radius 3 is 2.63 bits per heavy atom. The van der Waals surface area contributed by atoms with Crippen molar-refractivity contribution in [2.45, 2.75) is 39.2 Å². The number of amides is 2. The molecule has 1 aromatic heterocycles. The van der Waals surface area contributed by atoms with Gasteiger partial charge in [0.1, 0.15) is 0 Å². The van der Waals surface area contributed by atoms with Crippen molar-refractivity contribution in [3.8, 4) is 0 Å². The normalized spacial score (nSPS) is 22.2. The van der Waals surface area contributed by atoms with Crippen LogP contribution in [0, 0.1) is 19.8 Å². The topological polar surface area (TPSA) is 107 Å². The number of aryl methyl sites for hydroxylation is 2. The first-order chi connectivity index (χ1) is 8.97. The molecule has 1 fully saturated rings. The molecule has 0 radical (unpaired) electrons. The number of carbonyl (C=O) groups excluding carboxylic acids is 1. The number of hydrogen-bond donors (Lipinski definition) is 4. The number of aliphatic carboxylic acids is 1. The molecular formula is C12H18N4O3. The summed E-state index contributed by atoms with van der Waals surface area (Å²) in [6.45, 7) is 3.63. The van der Waals surface area contributed by atoms with Crippen LogP contribution in [0.5, 0.6) is 0 Å².